The minimum atomic E-state index is -0.284. The van der Waals surface area contributed by atoms with Gasteiger partial charge in [-0.1, -0.05) is 49.7 Å². The lowest BCUT2D eigenvalue weighted by molar-refractivity contribution is 0.0945. The van der Waals surface area contributed by atoms with Crippen molar-refractivity contribution >= 4 is 17.5 Å². The molecule has 0 unspecified atom stereocenters. The van der Waals surface area contributed by atoms with Crippen molar-refractivity contribution < 1.29 is 4.79 Å². The van der Waals surface area contributed by atoms with Crippen LogP contribution in [0.15, 0.2) is 36.7 Å². The van der Waals surface area contributed by atoms with Gasteiger partial charge in [-0.05, 0) is 17.0 Å². The molecule has 1 aromatic heterocycles. The molecule has 1 aromatic carbocycles. The second-order valence-corrected chi connectivity index (χ2v) is 5.19. The molecule has 0 saturated heterocycles. The maximum atomic E-state index is 11.9. The normalized spacial score (nSPS) is 10.6. The standard InChI is InChI=1S/C15H16ClN3O/c1-10(2)12-5-3-11(4-6-12)7-18-15(20)13-8-17-9-14(16)19-13/h3-6,8-10H,7H2,1-2H3,(H,18,20). The van der Waals surface area contributed by atoms with E-state index in [9.17, 15) is 4.79 Å². The highest BCUT2D eigenvalue weighted by molar-refractivity contribution is 6.29. The third-order valence-corrected chi connectivity index (χ3v) is 3.12. The third-order valence-electron chi connectivity index (χ3n) is 2.94. The van der Waals surface area contributed by atoms with E-state index in [-0.39, 0.29) is 16.8 Å². The molecule has 0 radical (unpaired) electrons. The quantitative estimate of drug-likeness (QED) is 0.940. The fourth-order valence-corrected chi connectivity index (χ4v) is 1.89. The zero-order valence-corrected chi connectivity index (χ0v) is 12.2. The van der Waals surface area contributed by atoms with Crippen molar-refractivity contribution in [2.75, 3.05) is 0 Å². The summed E-state index contributed by atoms with van der Waals surface area (Å²) in [7, 11) is 0. The number of rotatable bonds is 4. The van der Waals surface area contributed by atoms with Gasteiger partial charge in [-0.15, -0.1) is 0 Å². The lowest BCUT2D eigenvalue weighted by atomic mass is 10.0. The van der Waals surface area contributed by atoms with Crippen LogP contribution in [0.2, 0.25) is 5.15 Å². The molecular formula is C15H16ClN3O. The van der Waals surface area contributed by atoms with Crippen molar-refractivity contribution in [3.63, 3.8) is 0 Å². The number of hydrogen-bond donors (Lipinski definition) is 1. The minimum absolute atomic E-state index is 0.207. The maximum absolute atomic E-state index is 11.9. The molecule has 0 spiro atoms. The van der Waals surface area contributed by atoms with Crippen LogP contribution in [0, 0.1) is 0 Å². The second kappa shape index (κ2) is 6.48. The molecule has 0 aliphatic carbocycles. The Kier molecular flexibility index (Phi) is 4.69. The summed E-state index contributed by atoms with van der Waals surface area (Å²) in [6.07, 6.45) is 2.78. The largest absolute Gasteiger partial charge is 0.347 e. The molecular weight excluding hydrogens is 274 g/mol. The number of carbonyl (C=O) groups is 1. The number of carbonyl (C=O) groups excluding carboxylic acids is 1. The summed E-state index contributed by atoms with van der Waals surface area (Å²) < 4.78 is 0. The number of hydrogen-bond acceptors (Lipinski definition) is 3. The third kappa shape index (κ3) is 3.78. The van der Waals surface area contributed by atoms with Gasteiger partial charge in [0.1, 0.15) is 10.8 Å². The van der Waals surface area contributed by atoms with E-state index < -0.39 is 0 Å². The van der Waals surface area contributed by atoms with Gasteiger partial charge in [-0.2, -0.15) is 0 Å². The summed E-state index contributed by atoms with van der Waals surface area (Å²) >= 11 is 5.70. The van der Waals surface area contributed by atoms with Crippen molar-refractivity contribution in [1.29, 1.82) is 0 Å². The van der Waals surface area contributed by atoms with Gasteiger partial charge in [0.15, 0.2) is 0 Å². The zero-order valence-electron chi connectivity index (χ0n) is 11.4. The van der Waals surface area contributed by atoms with Gasteiger partial charge in [0.2, 0.25) is 0 Å². The molecule has 0 aliphatic rings. The van der Waals surface area contributed by atoms with E-state index in [0.29, 0.717) is 12.5 Å². The Labute approximate surface area is 123 Å². The Morgan fingerprint density at radius 3 is 2.55 bits per heavy atom. The first kappa shape index (κ1) is 14.5. The Morgan fingerprint density at radius 2 is 1.95 bits per heavy atom. The predicted octanol–water partition coefficient (Wildman–Crippen LogP) is 3.18. The van der Waals surface area contributed by atoms with Gasteiger partial charge in [0.05, 0.1) is 12.4 Å². The molecule has 4 nitrogen and oxygen atoms in total. The SMILES string of the molecule is CC(C)c1ccc(CNC(=O)c2cncc(Cl)n2)cc1. The summed E-state index contributed by atoms with van der Waals surface area (Å²) in [4.78, 5) is 19.6. The summed E-state index contributed by atoms with van der Waals surface area (Å²) in [5, 5.41) is 3.00. The summed E-state index contributed by atoms with van der Waals surface area (Å²) in [5.74, 6) is 0.216. The fraction of sp³-hybridized carbons (Fsp3) is 0.267. The number of halogens is 1. The first-order valence-electron chi connectivity index (χ1n) is 6.41. The van der Waals surface area contributed by atoms with E-state index in [2.05, 4.69) is 41.3 Å². The number of amides is 1. The molecule has 1 amide bonds. The van der Waals surface area contributed by atoms with Crippen molar-refractivity contribution in [3.05, 3.63) is 58.6 Å². The number of nitrogens with zero attached hydrogens (tertiary/aromatic N) is 2. The van der Waals surface area contributed by atoms with Gasteiger partial charge in [0.25, 0.3) is 5.91 Å². The van der Waals surface area contributed by atoms with E-state index >= 15 is 0 Å². The molecule has 0 atom stereocenters. The van der Waals surface area contributed by atoms with Crippen LogP contribution in [-0.2, 0) is 6.54 Å². The molecule has 0 bridgehead atoms. The lowest BCUT2D eigenvalue weighted by Crippen LogP contribution is -2.24. The van der Waals surface area contributed by atoms with Gasteiger partial charge in [-0.3, -0.25) is 9.78 Å². The van der Waals surface area contributed by atoms with Crippen LogP contribution in [0.4, 0.5) is 0 Å². The van der Waals surface area contributed by atoms with Gasteiger partial charge in [0, 0.05) is 6.54 Å². The molecule has 2 rings (SSSR count). The summed E-state index contributed by atoms with van der Waals surface area (Å²) in [6.45, 7) is 4.74. The maximum Gasteiger partial charge on any atom is 0.271 e. The van der Waals surface area contributed by atoms with Crippen LogP contribution in [0.3, 0.4) is 0 Å². The topological polar surface area (TPSA) is 54.9 Å². The second-order valence-electron chi connectivity index (χ2n) is 4.81. The average Bonchev–Trinajstić information content (AvgIpc) is 2.45. The molecule has 1 heterocycles. The Morgan fingerprint density at radius 1 is 1.25 bits per heavy atom. The van der Waals surface area contributed by atoms with Crippen LogP contribution in [0.5, 0.6) is 0 Å². The highest BCUT2D eigenvalue weighted by Gasteiger charge is 2.08. The van der Waals surface area contributed by atoms with E-state index in [1.54, 1.807) is 0 Å². The monoisotopic (exact) mass is 289 g/mol. The highest BCUT2D eigenvalue weighted by Crippen LogP contribution is 2.14. The van der Waals surface area contributed by atoms with Crippen LogP contribution in [0.1, 0.15) is 41.4 Å². The molecule has 0 fully saturated rings. The molecule has 104 valence electrons. The first-order chi connectivity index (χ1) is 9.56. The van der Waals surface area contributed by atoms with E-state index in [1.165, 1.54) is 18.0 Å². The van der Waals surface area contributed by atoms with E-state index in [0.717, 1.165) is 5.56 Å². The average molecular weight is 290 g/mol. The van der Waals surface area contributed by atoms with Gasteiger partial charge < -0.3 is 5.32 Å². The van der Waals surface area contributed by atoms with Crippen molar-refractivity contribution in [2.45, 2.75) is 26.3 Å². The van der Waals surface area contributed by atoms with Crippen molar-refractivity contribution in [3.8, 4) is 0 Å². The van der Waals surface area contributed by atoms with E-state index in [4.69, 9.17) is 11.6 Å². The molecule has 0 saturated carbocycles. The van der Waals surface area contributed by atoms with Crippen molar-refractivity contribution in [1.82, 2.24) is 15.3 Å². The lowest BCUT2D eigenvalue weighted by Gasteiger charge is -2.08. The molecule has 0 aliphatic heterocycles. The molecule has 20 heavy (non-hydrogen) atoms. The molecule has 1 N–H and O–H groups in total. The van der Waals surface area contributed by atoms with Gasteiger partial charge in [-0.25, -0.2) is 4.98 Å². The Bertz CT molecular complexity index is 596. The summed E-state index contributed by atoms with van der Waals surface area (Å²) in [6, 6.07) is 8.18. The Hall–Kier alpha value is -1.94. The number of nitrogens with one attached hydrogen (secondary N) is 1. The predicted molar refractivity (Wildman–Crippen MR) is 78.7 cm³/mol. The fourth-order valence-electron chi connectivity index (χ4n) is 1.74. The molecule has 5 heteroatoms. The van der Waals surface area contributed by atoms with Crippen LogP contribution < -0.4 is 5.32 Å². The van der Waals surface area contributed by atoms with Crippen molar-refractivity contribution in [2.24, 2.45) is 0 Å². The van der Waals surface area contributed by atoms with Crippen LogP contribution in [-0.4, -0.2) is 15.9 Å². The number of aromatic nitrogens is 2. The highest BCUT2D eigenvalue weighted by atomic mass is 35.5. The molecule has 2 aromatic rings. The Balaban J connectivity index is 1.96. The van der Waals surface area contributed by atoms with Crippen LogP contribution in [0.25, 0.3) is 0 Å². The smallest absolute Gasteiger partial charge is 0.271 e. The minimum Gasteiger partial charge on any atom is -0.347 e. The van der Waals surface area contributed by atoms with Crippen LogP contribution >= 0.6 is 11.6 Å². The number of benzene rings is 1. The van der Waals surface area contributed by atoms with Gasteiger partial charge >= 0.3 is 0 Å². The summed E-state index contributed by atoms with van der Waals surface area (Å²) in [5.41, 5.74) is 2.54. The first-order valence-corrected chi connectivity index (χ1v) is 6.78. The van der Waals surface area contributed by atoms with E-state index in [1.807, 2.05) is 12.1 Å². The zero-order chi connectivity index (χ0) is 14.5.